The van der Waals surface area contributed by atoms with Gasteiger partial charge in [0.05, 0.1) is 5.75 Å². The van der Waals surface area contributed by atoms with Gasteiger partial charge in [0.25, 0.3) is 0 Å². The van der Waals surface area contributed by atoms with E-state index in [1.54, 1.807) is 0 Å². The Hall–Kier alpha value is -0.190. The molecule has 2 nitrogen and oxygen atoms in total. The van der Waals surface area contributed by atoms with Crippen LogP contribution in [0.15, 0.2) is 0 Å². The topological polar surface area (TPSA) is 34.1 Å². The van der Waals surface area contributed by atoms with E-state index in [1.165, 1.54) is 0 Å². The van der Waals surface area contributed by atoms with Crippen LogP contribution in [0.4, 0.5) is 8.78 Å². The van der Waals surface area contributed by atoms with Gasteiger partial charge in [-0.3, -0.25) is 0 Å². The summed E-state index contributed by atoms with van der Waals surface area (Å²) in [5.74, 6) is -3.79. The summed E-state index contributed by atoms with van der Waals surface area (Å²) in [5.41, 5.74) is 0. The molecule has 0 saturated heterocycles. The molecule has 0 unspecified atom stereocenters. The lowest BCUT2D eigenvalue weighted by molar-refractivity contribution is 0.235. The van der Waals surface area contributed by atoms with Crippen LogP contribution in [0.1, 0.15) is 6.42 Å². The summed E-state index contributed by atoms with van der Waals surface area (Å²) in [7, 11) is -4.14. The minimum absolute atomic E-state index is 0.00727. The van der Waals surface area contributed by atoms with Crippen molar-refractivity contribution in [3.05, 3.63) is 6.92 Å². The molecule has 0 spiro atoms. The summed E-state index contributed by atoms with van der Waals surface area (Å²) in [6.45, 7) is 3.14. The molecule has 0 aliphatic carbocycles. The largest absolute Gasteiger partial charge is 0.336 e. The number of rotatable bonds is 3. The van der Waals surface area contributed by atoms with Crippen molar-refractivity contribution >= 4 is 9.84 Å². The second kappa shape index (κ2) is 3.10. The van der Waals surface area contributed by atoms with Gasteiger partial charge in [-0.05, 0) is 6.42 Å². The first-order valence-corrected chi connectivity index (χ1v) is 4.01. The molecular formula is C4H7F2O2S. The van der Waals surface area contributed by atoms with Crippen LogP contribution in [0.25, 0.3) is 0 Å². The van der Waals surface area contributed by atoms with Crippen LogP contribution in [0, 0.1) is 6.92 Å². The van der Waals surface area contributed by atoms with Crippen LogP contribution in [-0.4, -0.2) is 19.9 Å². The van der Waals surface area contributed by atoms with Crippen molar-refractivity contribution < 1.29 is 17.2 Å². The Morgan fingerprint density at radius 2 is 1.89 bits per heavy atom. The van der Waals surface area contributed by atoms with E-state index < -0.39 is 21.3 Å². The Labute approximate surface area is 52.8 Å². The molecular weight excluding hydrogens is 150 g/mol. The monoisotopic (exact) mass is 157 g/mol. The van der Waals surface area contributed by atoms with Crippen molar-refractivity contribution in [1.82, 2.24) is 0 Å². The number of sulfone groups is 1. The van der Waals surface area contributed by atoms with E-state index in [2.05, 4.69) is 6.92 Å². The Bertz CT molecular complexity index is 161. The first kappa shape index (κ1) is 8.81. The maximum Gasteiger partial charge on any atom is 0.336 e. The standard InChI is InChI=1S/C4H7F2O2S/c1-2-3-9(7,8)4(5)6/h4H,1-3H2. The zero-order chi connectivity index (χ0) is 7.49. The van der Waals surface area contributed by atoms with Gasteiger partial charge >= 0.3 is 5.76 Å². The fourth-order valence-corrected chi connectivity index (χ4v) is 0.871. The smallest absolute Gasteiger partial charge is 0.223 e. The Morgan fingerprint density at radius 1 is 1.44 bits per heavy atom. The Kier molecular flexibility index (Phi) is 3.03. The predicted octanol–water partition coefficient (Wildman–Crippen LogP) is 0.848. The molecule has 0 fully saturated rings. The molecule has 0 heterocycles. The molecule has 0 aliphatic heterocycles. The van der Waals surface area contributed by atoms with Crippen LogP contribution in [-0.2, 0) is 9.84 Å². The van der Waals surface area contributed by atoms with Gasteiger partial charge in [-0.15, -0.1) is 0 Å². The van der Waals surface area contributed by atoms with E-state index in [-0.39, 0.29) is 6.42 Å². The van der Waals surface area contributed by atoms with Gasteiger partial charge in [0, 0.05) is 0 Å². The van der Waals surface area contributed by atoms with E-state index in [4.69, 9.17) is 0 Å². The van der Waals surface area contributed by atoms with Gasteiger partial charge in [-0.2, -0.15) is 8.78 Å². The molecule has 55 valence electrons. The van der Waals surface area contributed by atoms with E-state index in [9.17, 15) is 17.2 Å². The fourth-order valence-electron chi connectivity index (χ4n) is 0.290. The molecule has 0 aromatic rings. The molecule has 0 atom stereocenters. The summed E-state index contributed by atoms with van der Waals surface area (Å²) in [4.78, 5) is 0. The minimum Gasteiger partial charge on any atom is -0.223 e. The molecule has 0 saturated carbocycles. The molecule has 0 bridgehead atoms. The highest BCUT2D eigenvalue weighted by Gasteiger charge is 2.21. The van der Waals surface area contributed by atoms with E-state index in [0.717, 1.165) is 0 Å². The molecule has 0 amide bonds. The summed E-state index contributed by atoms with van der Waals surface area (Å²) >= 11 is 0. The van der Waals surface area contributed by atoms with Crippen molar-refractivity contribution in [1.29, 1.82) is 0 Å². The zero-order valence-corrected chi connectivity index (χ0v) is 5.50. The first-order valence-electron chi connectivity index (χ1n) is 2.29. The number of hydrogen-bond donors (Lipinski definition) is 0. The van der Waals surface area contributed by atoms with Gasteiger partial charge in [-0.1, -0.05) is 6.92 Å². The number of alkyl halides is 2. The predicted molar refractivity (Wildman–Crippen MR) is 29.8 cm³/mol. The van der Waals surface area contributed by atoms with Gasteiger partial charge in [0.1, 0.15) is 0 Å². The molecule has 0 aromatic carbocycles. The van der Waals surface area contributed by atoms with Gasteiger partial charge in [0.2, 0.25) is 9.84 Å². The van der Waals surface area contributed by atoms with Crippen LogP contribution in [0.2, 0.25) is 0 Å². The number of halogens is 2. The lowest BCUT2D eigenvalue weighted by Crippen LogP contribution is -2.14. The fraction of sp³-hybridized carbons (Fsp3) is 0.750. The van der Waals surface area contributed by atoms with Crippen LogP contribution in [0.5, 0.6) is 0 Å². The summed E-state index contributed by atoms with van der Waals surface area (Å²) in [6, 6.07) is 0. The van der Waals surface area contributed by atoms with Crippen molar-refractivity contribution in [2.75, 3.05) is 5.75 Å². The highest BCUT2D eigenvalue weighted by Crippen LogP contribution is 2.05. The summed E-state index contributed by atoms with van der Waals surface area (Å²) in [6.07, 6.45) is -0.00727. The first-order chi connectivity index (χ1) is 4.00. The SMILES string of the molecule is [CH2]CCS(=O)(=O)C(F)F. The van der Waals surface area contributed by atoms with E-state index in [0.29, 0.717) is 0 Å². The van der Waals surface area contributed by atoms with Gasteiger partial charge in [-0.25, -0.2) is 8.42 Å². The molecule has 0 aliphatic rings. The van der Waals surface area contributed by atoms with Crippen molar-refractivity contribution in [3.63, 3.8) is 0 Å². The summed E-state index contributed by atoms with van der Waals surface area (Å²) in [5, 5.41) is 0. The average Bonchev–Trinajstić information content (AvgIpc) is 1.65. The lowest BCUT2D eigenvalue weighted by atomic mass is 10.6. The van der Waals surface area contributed by atoms with Gasteiger partial charge in [0.15, 0.2) is 0 Å². The maximum absolute atomic E-state index is 11.4. The maximum atomic E-state index is 11.4. The van der Waals surface area contributed by atoms with Gasteiger partial charge < -0.3 is 0 Å². The third-order valence-corrected chi connectivity index (χ3v) is 2.10. The van der Waals surface area contributed by atoms with E-state index in [1.807, 2.05) is 0 Å². The summed E-state index contributed by atoms with van der Waals surface area (Å²) < 4.78 is 43.0. The molecule has 0 aromatic heterocycles. The quantitative estimate of drug-likeness (QED) is 0.608. The second-order valence-electron chi connectivity index (χ2n) is 1.48. The van der Waals surface area contributed by atoms with Crippen LogP contribution >= 0.6 is 0 Å². The van der Waals surface area contributed by atoms with Crippen LogP contribution < -0.4 is 0 Å². The highest BCUT2D eigenvalue weighted by molar-refractivity contribution is 7.91. The molecule has 1 radical (unpaired) electrons. The van der Waals surface area contributed by atoms with E-state index >= 15 is 0 Å². The lowest BCUT2D eigenvalue weighted by Gasteiger charge is -1.97. The molecule has 9 heavy (non-hydrogen) atoms. The van der Waals surface area contributed by atoms with Crippen molar-refractivity contribution in [2.45, 2.75) is 12.2 Å². The normalized spacial score (nSPS) is 12.4. The van der Waals surface area contributed by atoms with Crippen molar-refractivity contribution in [2.24, 2.45) is 0 Å². The number of hydrogen-bond acceptors (Lipinski definition) is 2. The molecule has 0 rings (SSSR count). The Morgan fingerprint density at radius 3 is 2.00 bits per heavy atom. The van der Waals surface area contributed by atoms with Crippen LogP contribution in [0.3, 0.4) is 0 Å². The minimum atomic E-state index is -4.14. The zero-order valence-electron chi connectivity index (χ0n) is 4.68. The second-order valence-corrected chi connectivity index (χ2v) is 3.57. The van der Waals surface area contributed by atoms with Crippen molar-refractivity contribution in [3.8, 4) is 0 Å². The Balaban J connectivity index is 4.05. The third-order valence-electron chi connectivity index (χ3n) is 0.700. The molecule has 0 N–H and O–H groups in total. The molecule has 5 heteroatoms. The third kappa shape index (κ3) is 2.74. The average molecular weight is 157 g/mol. The highest BCUT2D eigenvalue weighted by atomic mass is 32.2.